The van der Waals surface area contributed by atoms with Crippen LogP contribution < -0.4 is 4.74 Å². The number of amidine groups is 1. The Balaban J connectivity index is 1.11. The highest BCUT2D eigenvalue weighted by Gasteiger charge is 2.41. The van der Waals surface area contributed by atoms with Gasteiger partial charge in [-0.2, -0.15) is 8.42 Å². The van der Waals surface area contributed by atoms with Gasteiger partial charge in [-0.3, -0.25) is 9.69 Å². The highest BCUT2D eigenvalue weighted by Crippen LogP contribution is 2.32. The lowest BCUT2D eigenvalue weighted by molar-refractivity contribution is -0.136. The highest BCUT2D eigenvalue weighted by molar-refractivity contribution is 7.90. The van der Waals surface area contributed by atoms with Crippen molar-refractivity contribution in [3.63, 3.8) is 0 Å². The Morgan fingerprint density at radius 3 is 2.74 bits per heavy atom. The van der Waals surface area contributed by atoms with E-state index in [1.807, 2.05) is 15.9 Å². The number of nitrogens with zero attached hydrogens (tertiary/aromatic N) is 4. The van der Waals surface area contributed by atoms with E-state index in [9.17, 15) is 13.2 Å². The quantitative estimate of drug-likeness (QED) is 0.667. The van der Waals surface area contributed by atoms with E-state index in [1.165, 1.54) is 11.1 Å². The number of piperazine rings is 1. The van der Waals surface area contributed by atoms with Crippen LogP contribution in [0.15, 0.2) is 51.8 Å². The molecule has 0 unspecified atom stereocenters. The van der Waals surface area contributed by atoms with E-state index in [2.05, 4.69) is 27.5 Å². The number of carbonyl (C=O) groups is 1. The molecule has 0 N–H and O–H groups in total. The Kier molecular flexibility index (Phi) is 5.33. The fourth-order valence-corrected chi connectivity index (χ4v) is 6.72. The number of likely N-dealkylation sites (tertiary alicyclic amines) is 1. The predicted molar refractivity (Wildman–Crippen MR) is 127 cm³/mol. The van der Waals surface area contributed by atoms with E-state index < -0.39 is 10.0 Å². The van der Waals surface area contributed by atoms with E-state index in [4.69, 9.17) is 4.74 Å². The maximum Gasteiger partial charge on any atom is 0.285 e. The van der Waals surface area contributed by atoms with Gasteiger partial charge in [0, 0.05) is 51.3 Å². The zero-order chi connectivity index (χ0) is 23.3. The number of sulfonamides is 1. The van der Waals surface area contributed by atoms with Gasteiger partial charge >= 0.3 is 0 Å². The number of amides is 1. The first kappa shape index (κ1) is 21.6. The average molecular weight is 481 g/mol. The molecule has 0 saturated carbocycles. The molecule has 2 saturated heterocycles. The van der Waals surface area contributed by atoms with Crippen LogP contribution in [-0.2, 0) is 27.8 Å². The van der Waals surface area contributed by atoms with Gasteiger partial charge in [-0.25, -0.2) is 0 Å². The van der Waals surface area contributed by atoms with Crippen LogP contribution in [0.1, 0.15) is 29.5 Å². The van der Waals surface area contributed by atoms with Crippen LogP contribution in [-0.4, -0.2) is 80.2 Å². The first-order valence-electron chi connectivity index (χ1n) is 12.0. The van der Waals surface area contributed by atoms with Gasteiger partial charge in [0.05, 0.1) is 6.61 Å². The molecule has 0 aliphatic carbocycles. The van der Waals surface area contributed by atoms with Gasteiger partial charge in [-0.1, -0.05) is 24.3 Å². The summed E-state index contributed by atoms with van der Waals surface area (Å²) >= 11 is 0. The third-order valence-corrected chi connectivity index (χ3v) is 8.59. The largest absolute Gasteiger partial charge is 0.493 e. The zero-order valence-corrected chi connectivity index (χ0v) is 19.8. The number of carbonyl (C=O) groups excluding carboxylic acids is 1. The lowest BCUT2D eigenvalue weighted by Crippen LogP contribution is -2.54. The molecule has 0 aromatic heterocycles. The van der Waals surface area contributed by atoms with E-state index in [0.717, 1.165) is 51.3 Å². The molecule has 2 aromatic carbocycles. The summed E-state index contributed by atoms with van der Waals surface area (Å²) in [4.78, 5) is 19.9. The molecule has 2 aromatic rings. The van der Waals surface area contributed by atoms with Gasteiger partial charge < -0.3 is 14.5 Å². The number of ether oxygens (including phenoxy) is 1. The van der Waals surface area contributed by atoms with Crippen LogP contribution in [0.2, 0.25) is 0 Å². The van der Waals surface area contributed by atoms with Crippen molar-refractivity contribution < 1.29 is 17.9 Å². The molecule has 34 heavy (non-hydrogen) atoms. The SMILES string of the molecule is O=C([C@H]1CCCN1C1=NS(=O)(=O)c2ccccc21)N1CCN(Cc2ccc3c(c2)CCO3)CC1. The molecule has 178 valence electrons. The Bertz CT molecular complexity index is 1270. The Morgan fingerprint density at radius 2 is 1.88 bits per heavy atom. The molecular weight excluding hydrogens is 452 g/mol. The summed E-state index contributed by atoms with van der Waals surface area (Å²) in [7, 11) is -3.70. The van der Waals surface area contributed by atoms with Crippen molar-refractivity contribution in [1.82, 2.24) is 14.7 Å². The van der Waals surface area contributed by atoms with Crippen molar-refractivity contribution in [2.24, 2.45) is 4.40 Å². The first-order chi connectivity index (χ1) is 16.5. The fraction of sp³-hybridized carbons (Fsp3) is 0.440. The van der Waals surface area contributed by atoms with Crippen LogP contribution in [0.5, 0.6) is 5.75 Å². The minimum absolute atomic E-state index is 0.0799. The minimum atomic E-state index is -3.70. The Hall–Kier alpha value is -2.91. The maximum atomic E-state index is 13.5. The number of benzene rings is 2. The summed E-state index contributed by atoms with van der Waals surface area (Å²) in [5, 5.41) is 0. The molecule has 6 rings (SSSR count). The van der Waals surface area contributed by atoms with Crippen molar-refractivity contribution >= 4 is 21.8 Å². The van der Waals surface area contributed by atoms with Gasteiger partial charge in [0.2, 0.25) is 5.91 Å². The molecule has 4 aliphatic heterocycles. The minimum Gasteiger partial charge on any atom is -0.493 e. The van der Waals surface area contributed by atoms with Crippen molar-refractivity contribution in [2.75, 3.05) is 39.3 Å². The first-order valence-corrected chi connectivity index (χ1v) is 13.4. The zero-order valence-electron chi connectivity index (χ0n) is 19.0. The maximum absolute atomic E-state index is 13.5. The fourth-order valence-electron chi connectivity index (χ4n) is 5.51. The van der Waals surface area contributed by atoms with Crippen molar-refractivity contribution in [2.45, 2.75) is 36.7 Å². The van der Waals surface area contributed by atoms with Gasteiger partial charge in [0.15, 0.2) is 5.84 Å². The number of fused-ring (bicyclic) bond motifs is 2. The molecule has 1 amide bonds. The van der Waals surface area contributed by atoms with Crippen molar-refractivity contribution in [3.8, 4) is 5.75 Å². The van der Waals surface area contributed by atoms with Crippen molar-refractivity contribution in [3.05, 3.63) is 59.2 Å². The molecule has 1 atom stereocenters. The molecule has 2 fully saturated rings. The number of rotatable bonds is 3. The summed E-state index contributed by atoms with van der Waals surface area (Å²) in [5.74, 6) is 1.50. The monoisotopic (exact) mass is 480 g/mol. The van der Waals surface area contributed by atoms with Crippen LogP contribution in [0.25, 0.3) is 0 Å². The van der Waals surface area contributed by atoms with Gasteiger partial charge in [-0.05, 0) is 42.2 Å². The standard InChI is InChI=1S/C25H28N4O4S/c30-25(21-5-3-10-29(21)24-20-4-1-2-6-23(20)34(31,32)26-24)28-13-11-27(12-14-28)17-18-7-8-22-19(16-18)9-15-33-22/h1-2,4,6-8,16,21H,3,5,9-15,17H2/t21-/m1/s1. The summed E-state index contributed by atoms with van der Waals surface area (Å²) in [6, 6.07) is 13.0. The number of hydrogen-bond donors (Lipinski definition) is 0. The second-order valence-electron chi connectivity index (χ2n) is 9.38. The van der Waals surface area contributed by atoms with E-state index in [1.54, 1.807) is 18.2 Å². The second kappa shape index (κ2) is 8.39. The second-order valence-corrected chi connectivity index (χ2v) is 11.0. The third kappa shape index (κ3) is 3.76. The normalized spacial score (nSPS) is 23.4. The van der Waals surface area contributed by atoms with Crippen molar-refractivity contribution in [1.29, 1.82) is 0 Å². The molecular formula is C25H28N4O4S. The topological polar surface area (TPSA) is 82.5 Å². The summed E-state index contributed by atoms with van der Waals surface area (Å²) in [5.41, 5.74) is 3.17. The number of hydrogen-bond acceptors (Lipinski definition) is 6. The average Bonchev–Trinajstić information content (AvgIpc) is 3.57. The Morgan fingerprint density at radius 1 is 1.06 bits per heavy atom. The van der Waals surface area contributed by atoms with E-state index >= 15 is 0 Å². The third-order valence-electron chi connectivity index (χ3n) is 7.27. The van der Waals surface area contributed by atoms with Gasteiger partial charge in [-0.15, -0.1) is 4.40 Å². The smallest absolute Gasteiger partial charge is 0.285 e. The predicted octanol–water partition coefficient (Wildman–Crippen LogP) is 1.88. The molecule has 0 bridgehead atoms. The van der Waals surface area contributed by atoms with Crippen LogP contribution in [0, 0.1) is 0 Å². The van der Waals surface area contributed by atoms with Crippen LogP contribution >= 0.6 is 0 Å². The summed E-state index contributed by atoms with van der Waals surface area (Å²) in [6.07, 6.45) is 2.54. The molecule has 0 radical (unpaired) electrons. The van der Waals surface area contributed by atoms with Crippen LogP contribution in [0.3, 0.4) is 0 Å². The molecule has 8 nitrogen and oxygen atoms in total. The lowest BCUT2D eigenvalue weighted by atomic mass is 10.1. The summed E-state index contributed by atoms with van der Waals surface area (Å²) < 4.78 is 34.7. The molecule has 4 aliphatic rings. The lowest BCUT2D eigenvalue weighted by Gasteiger charge is -2.37. The highest BCUT2D eigenvalue weighted by atomic mass is 32.2. The van der Waals surface area contributed by atoms with Gasteiger partial charge in [0.25, 0.3) is 10.0 Å². The Labute approximate surface area is 199 Å². The molecule has 0 spiro atoms. The van der Waals surface area contributed by atoms with Crippen LogP contribution in [0.4, 0.5) is 0 Å². The van der Waals surface area contributed by atoms with E-state index in [0.29, 0.717) is 31.0 Å². The van der Waals surface area contributed by atoms with E-state index in [-0.39, 0.29) is 16.8 Å². The molecule has 9 heteroatoms. The van der Waals surface area contributed by atoms with Gasteiger partial charge in [0.1, 0.15) is 16.7 Å². The molecule has 4 heterocycles. The summed E-state index contributed by atoms with van der Waals surface area (Å²) in [6.45, 7) is 5.28.